The van der Waals surface area contributed by atoms with E-state index >= 15 is 0 Å². The van der Waals surface area contributed by atoms with Gasteiger partial charge in [0.2, 0.25) is 5.13 Å². The van der Waals surface area contributed by atoms with E-state index in [1.165, 1.54) is 42.5 Å². The lowest BCUT2D eigenvalue weighted by molar-refractivity contribution is -0.140. The summed E-state index contributed by atoms with van der Waals surface area (Å²) in [5.41, 5.74) is 0. The van der Waals surface area contributed by atoms with Crippen molar-refractivity contribution in [3.63, 3.8) is 0 Å². The smallest absolute Gasteiger partial charge is 0.306 e. The summed E-state index contributed by atoms with van der Waals surface area (Å²) >= 11 is 2.75. The molecule has 8 nitrogen and oxygen atoms in total. The Morgan fingerprint density at radius 1 is 1.29 bits per heavy atom. The second-order valence-corrected chi connectivity index (χ2v) is 9.71. The molecule has 1 aliphatic rings. The Kier molecular flexibility index (Phi) is 8.67. The number of benzene rings is 1. The summed E-state index contributed by atoms with van der Waals surface area (Å²) in [6.45, 7) is 2.08. The molecule has 0 unspecified atom stereocenters. The number of nitrogens with zero attached hydrogens (tertiary/aromatic N) is 3. The quantitative estimate of drug-likeness (QED) is 0.298. The third-order valence-electron chi connectivity index (χ3n) is 5.30. The van der Waals surface area contributed by atoms with Crippen LogP contribution in [0.2, 0.25) is 0 Å². The molecule has 1 aliphatic heterocycles. The molecule has 0 aliphatic carbocycles. The number of hydrogen-bond donors (Lipinski definition) is 2. The molecule has 180 valence electrons. The Morgan fingerprint density at radius 3 is 2.85 bits per heavy atom. The fourth-order valence-electron chi connectivity index (χ4n) is 3.49. The minimum atomic E-state index is -0.342. The summed E-state index contributed by atoms with van der Waals surface area (Å²) in [6.07, 6.45) is 5.13. The number of ether oxygens (including phenoxy) is 2. The predicted octanol–water partition coefficient (Wildman–Crippen LogP) is 4.81. The number of aromatic nitrogens is 3. The minimum Gasteiger partial charge on any atom is -0.469 e. The number of thioether (sulfide) groups is 1. The van der Waals surface area contributed by atoms with Crippen molar-refractivity contribution in [1.82, 2.24) is 19.7 Å². The molecule has 34 heavy (non-hydrogen) atoms. The summed E-state index contributed by atoms with van der Waals surface area (Å²) in [5, 5.41) is 7.22. The van der Waals surface area contributed by atoms with Crippen LogP contribution in [0.3, 0.4) is 0 Å². The molecule has 2 aromatic heterocycles. The van der Waals surface area contributed by atoms with Gasteiger partial charge in [-0.3, -0.25) is 4.79 Å². The first-order valence-electron chi connectivity index (χ1n) is 11.0. The van der Waals surface area contributed by atoms with Gasteiger partial charge in [0.15, 0.2) is 11.6 Å². The number of nitrogens with one attached hydrogen (secondary N) is 2. The lowest BCUT2D eigenvalue weighted by Crippen LogP contribution is -2.28. The lowest BCUT2D eigenvalue weighted by atomic mass is 9.94. The van der Waals surface area contributed by atoms with Crippen LogP contribution in [0.4, 0.5) is 15.3 Å². The van der Waals surface area contributed by atoms with E-state index in [0.29, 0.717) is 40.5 Å². The highest BCUT2D eigenvalue weighted by molar-refractivity contribution is 7.99. The highest BCUT2D eigenvalue weighted by Gasteiger charge is 2.17. The van der Waals surface area contributed by atoms with Crippen LogP contribution in [0.5, 0.6) is 11.5 Å². The second-order valence-electron chi connectivity index (χ2n) is 7.79. The third-order valence-corrected chi connectivity index (χ3v) is 6.93. The molecule has 1 fully saturated rings. The van der Waals surface area contributed by atoms with Gasteiger partial charge >= 0.3 is 5.97 Å². The number of carbonyl (C=O) groups excluding carboxylic acids is 1. The summed E-state index contributed by atoms with van der Waals surface area (Å²) < 4.78 is 28.5. The van der Waals surface area contributed by atoms with Crippen molar-refractivity contribution in [3.05, 3.63) is 48.2 Å². The number of piperidine rings is 1. The zero-order valence-corrected chi connectivity index (χ0v) is 20.4. The minimum absolute atomic E-state index is 0.266. The average Bonchev–Trinajstić information content (AvgIpc) is 3.29. The normalized spacial score (nSPS) is 14.1. The van der Waals surface area contributed by atoms with Gasteiger partial charge in [0.25, 0.3) is 0 Å². The monoisotopic (exact) mass is 503 g/mol. The largest absolute Gasteiger partial charge is 0.469 e. The number of esters is 1. The lowest BCUT2D eigenvalue weighted by Gasteiger charge is -2.21. The molecular weight excluding hydrogens is 477 g/mol. The Labute approximate surface area is 205 Å². The van der Waals surface area contributed by atoms with Crippen LogP contribution in [0.15, 0.2) is 41.4 Å². The topological polar surface area (TPSA) is 98.3 Å². The molecule has 11 heteroatoms. The standard InChI is InChI=1S/C23H26FN5O3S2/c1-31-21(30)8-11-33-18-13-19(32-17-4-2-16(24)3-5-17)22(26-14-18)28-23-27-20(29-34-23)12-15-6-9-25-10-7-15/h2-5,13-15,25H,6-12H2,1H3,(H,26,27,28,29). The van der Waals surface area contributed by atoms with Gasteiger partial charge in [-0.15, -0.1) is 11.8 Å². The molecule has 0 bridgehead atoms. The number of halogens is 1. The molecule has 0 amide bonds. The van der Waals surface area contributed by atoms with Crippen molar-refractivity contribution in [2.75, 3.05) is 31.3 Å². The van der Waals surface area contributed by atoms with E-state index < -0.39 is 0 Å². The van der Waals surface area contributed by atoms with Crippen LogP contribution in [0.25, 0.3) is 0 Å². The highest BCUT2D eigenvalue weighted by Crippen LogP contribution is 2.34. The van der Waals surface area contributed by atoms with Crippen molar-refractivity contribution >= 4 is 40.2 Å². The Bertz CT molecular complexity index is 1090. The molecule has 1 aromatic carbocycles. The molecule has 4 rings (SSSR count). The maximum atomic E-state index is 13.3. The number of hydrogen-bond acceptors (Lipinski definition) is 10. The SMILES string of the molecule is COC(=O)CCSc1cnc(Nc2nc(CC3CCNCC3)ns2)c(Oc2ccc(F)cc2)c1. The highest BCUT2D eigenvalue weighted by atomic mass is 32.2. The van der Waals surface area contributed by atoms with Crippen molar-refractivity contribution < 1.29 is 18.7 Å². The fourth-order valence-corrected chi connectivity index (χ4v) is 4.91. The summed E-state index contributed by atoms with van der Waals surface area (Å²) in [7, 11) is 1.37. The zero-order valence-electron chi connectivity index (χ0n) is 18.8. The number of anilines is 2. The maximum absolute atomic E-state index is 13.3. The molecule has 3 heterocycles. The Balaban J connectivity index is 1.48. The van der Waals surface area contributed by atoms with Crippen molar-refractivity contribution in [1.29, 1.82) is 0 Å². The van der Waals surface area contributed by atoms with Crippen molar-refractivity contribution in [2.24, 2.45) is 5.92 Å². The van der Waals surface area contributed by atoms with E-state index in [2.05, 4.69) is 29.7 Å². The number of pyridine rings is 1. The second kappa shape index (κ2) is 12.1. The molecule has 0 radical (unpaired) electrons. The average molecular weight is 504 g/mol. The molecule has 3 aromatic rings. The van der Waals surface area contributed by atoms with Crippen LogP contribution in [0.1, 0.15) is 25.1 Å². The molecule has 0 atom stereocenters. The molecular formula is C23H26FN5O3S2. The van der Waals surface area contributed by atoms with E-state index in [0.717, 1.165) is 43.1 Å². The van der Waals surface area contributed by atoms with Gasteiger partial charge in [0, 0.05) is 34.8 Å². The van der Waals surface area contributed by atoms with Crippen LogP contribution in [-0.4, -0.2) is 46.3 Å². The fraction of sp³-hybridized carbons (Fsp3) is 0.391. The van der Waals surface area contributed by atoms with E-state index in [-0.39, 0.29) is 11.8 Å². The number of carbonyl (C=O) groups is 1. The van der Waals surface area contributed by atoms with Gasteiger partial charge in [-0.2, -0.15) is 4.37 Å². The van der Waals surface area contributed by atoms with Gasteiger partial charge in [-0.05, 0) is 62.2 Å². The first-order chi connectivity index (χ1) is 16.6. The molecule has 0 saturated carbocycles. The van der Waals surface area contributed by atoms with Crippen LogP contribution in [0, 0.1) is 11.7 Å². The molecule has 2 N–H and O–H groups in total. The molecule has 0 spiro atoms. The van der Waals surface area contributed by atoms with E-state index in [4.69, 9.17) is 4.74 Å². The van der Waals surface area contributed by atoms with Crippen molar-refractivity contribution in [3.8, 4) is 11.5 Å². The van der Waals surface area contributed by atoms with E-state index in [1.54, 1.807) is 18.3 Å². The van der Waals surface area contributed by atoms with Crippen LogP contribution in [-0.2, 0) is 16.0 Å². The van der Waals surface area contributed by atoms with Crippen LogP contribution >= 0.6 is 23.3 Å². The van der Waals surface area contributed by atoms with Gasteiger partial charge in [0.05, 0.1) is 13.5 Å². The van der Waals surface area contributed by atoms with Gasteiger partial charge in [-0.25, -0.2) is 14.4 Å². The van der Waals surface area contributed by atoms with Gasteiger partial charge < -0.3 is 20.1 Å². The van der Waals surface area contributed by atoms with Gasteiger partial charge in [0.1, 0.15) is 17.4 Å². The Morgan fingerprint density at radius 2 is 2.09 bits per heavy atom. The predicted molar refractivity (Wildman–Crippen MR) is 131 cm³/mol. The van der Waals surface area contributed by atoms with E-state index in [1.807, 2.05) is 6.07 Å². The third kappa shape index (κ3) is 7.12. The van der Waals surface area contributed by atoms with E-state index in [9.17, 15) is 9.18 Å². The maximum Gasteiger partial charge on any atom is 0.306 e. The van der Waals surface area contributed by atoms with Crippen molar-refractivity contribution in [2.45, 2.75) is 30.6 Å². The number of rotatable bonds is 10. The van der Waals surface area contributed by atoms with Gasteiger partial charge in [-0.1, -0.05) is 0 Å². The first-order valence-corrected chi connectivity index (χ1v) is 12.8. The van der Waals surface area contributed by atoms with Crippen LogP contribution < -0.4 is 15.4 Å². The summed E-state index contributed by atoms with van der Waals surface area (Å²) in [6, 6.07) is 7.61. The summed E-state index contributed by atoms with van der Waals surface area (Å²) in [5.74, 6) is 2.79. The Hall–Kier alpha value is -2.76. The number of methoxy groups -OCH3 is 1. The molecule has 1 saturated heterocycles. The zero-order chi connectivity index (χ0) is 23.8. The summed E-state index contributed by atoms with van der Waals surface area (Å²) in [4.78, 5) is 21.4. The first kappa shape index (κ1) is 24.4.